The number of fused-ring (bicyclic) bond motifs is 1. The Morgan fingerprint density at radius 3 is 2.76 bits per heavy atom. The van der Waals surface area contributed by atoms with Gasteiger partial charge in [-0.05, 0) is 50.5 Å². The Morgan fingerprint density at radius 1 is 1.41 bits per heavy atom. The zero-order valence-corrected chi connectivity index (χ0v) is 10.4. The van der Waals surface area contributed by atoms with Crippen LogP contribution in [0.5, 0.6) is 0 Å². The maximum Gasteiger partial charge on any atom is 0.309 e. The number of hydrogen-bond donors (Lipinski definition) is 2. The van der Waals surface area contributed by atoms with E-state index in [0.29, 0.717) is 6.42 Å². The van der Waals surface area contributed by atoms with Gasteiger partial charge in [0.25, 0.3) is 0 Å². The van der Waals surface area contributed by atoms with Crippen molar-refractivity contribution in [2.45, 2.75) is 27.2 Å². The van der Waals surface area contributed by atoms with E-state index in [1.807, 2.05) is 25.3 Å². The fourth-order valence-electron chi connectivity index (χ4n) is 2.00. The number of aromatic nitrogens is 1. The van der Waals surface area contributed by atoms with Crippen LogP contribution < -0.4 is 0 Å². The van der Waals surface area contributed by atoms with Crippen LogP contribution in [-0.4, -0.2) is 16.1 Å². The lowest BCUT2D eigenvalue weighted by Gasteiger charge is -2.18. The summed E-state index contributed by atoms with van der Waals surface area (Å²) in [7, 11) is 0. The lowest BCUT2D eigenvalue weighted by atomic mass is 9.85. The molecule has 0 radical (unpaired) electrons. The number of nitrogens with one attached hydrogen (secondary N) is 1. The van der Waals surface area contributed by atoms with Crippen LogP contribution >= 0.6 is 0 Å². The standard InChI is InChI=1S/C14H17NO2/c1-9-8-15-12-5-4-10(6-11(9)12)7-14(2,3)13(16)17/h4-6,8,15H,7H2,1-3H3,(H,16,17). The van der Waals surface area contributed by atoms with E-state index in [4.69, 9.17) is 5.11 Å². The highest BCUT2D eigenvalue weighted by Crippen LogP contribution is 2.25. The number of carbonyl (C=O) groups is 1. The van der Waals surface area contributed by atoms with Crippen LogP contribution in [0.2, 0.25) is 0 Å². The number of carboxylic acids is 1. The van der Waals surface area contributed by atoms with E-state index in [-0.39, 0.29) is 0 Å². The molecule has 2 rings (SSSR count). The average Bonchev–Trinajstić information content (AvgIpc) is 2.60. The van der Waals surface area contributed by atoms with Crippen molar-refractivity contribution in [2.75, 3.05) is 0 Å². The lowest BCUT2D eigenvalue weighted by molar-refractivity contribution is -0.146. The van der Waals surface area contributed by atoms with E-state index in [2.05, 4.69) is 11.1 Å². The zero-order chi connectivity index (χ0) is 12.6. The summed E-state index contributed by atoms with van der Waals surface area (Å²) in [5, 5.41) is 10.3. The number of aliphatic carboxylic acids is 1. The van der Waals surface area contributed by atoms with Crippen LogP contribution in [0, 0.1) is 12.3 Å². The summed E-state index contributed by atoms with van der Waals surface area (Å²) in [6.07, 6.45) is 2.51. The van der Waals surface area contributed by atoms with Crippen molar-refractivity contribution < 1.29 is 9.90 Å². The molecule has 90 valence electrons. The molecule has 0 atom stereocenters. The molecule has 0 unspecified atom stereocenters. The van der Waals surface area contributed by atoms with Crippen molar-refractivity contribution in [1.29, 1.82) is 0 Å². The normalized spacial score (nSPS) is 11.9. The third-order valence-electron chi connectivity index (χ3n) is 3.18. The molecule has 0 spiro atoms. The molecule has 1 aromatic carbocycles. The molecule has 0 fully saturated rings. The van der Waals surface area contributed by atoms with Gasteiger partial charge >= 0.3 is 5.97 Å². The first-order valence-corrected chi connectivity index (χ1v) is 5.70. The summed E-state index contributed by atoms with van der Waals surface area (Å²) in [5.41, 5.74) is 2.62. The van der Waals surface area contributed by atoms with Gasteiger partial charge in [-0.1, -0.05) is 6.07 Å². The molecule has 0 aliphatic heterocycles. The van der Waals surface area contributed by atoms with Gasteiger partial charge in [0.05, 0.1) is 5.41 Å². The number of carboxylic acid groups (broad SMARTS) is 1. The first-order valence-electron chi connectivity index (χ1n) is 5.70. The number of aryl methyl sites for hydroxylation is 1. The van der Waals surface area contributed by atoms with E-state index in [1.54, 1.807) is 13.8 Å². The van der Waals surface area contributed by atoms with Gasteiger partial charge in [-0.3, -0.25) is 4.79 Å². The van der Waals surface area contributed by atoms with Gasteiger partial charge in [0.2, 0.25) is 0 Å². The first kappa shape index (κ1) is 11.7. The number of hydrogen-bond acceptors (Lipinski definition) is 1. The molecule has 3 heteroatoms. The summed E-state index contributed by atoms with van der Waals surface area (Å²) < 4.78 is 0. The quantitative estimate of drug-likeness (QED) is 0.852. The summed E-state index contributed by atoms with van der Waals surface area (Å²) >= 11 is 0. The predicted molar refractivity (Wildman–Crippen MR) is 68.2 cm³/mol. The second-order valence-electron chi connectivity index (χ2n) is 5.22. The number of benzene rings is 1. The number of rotatable bonds is 3. The highest BCUT2D eigenvalue weighted by molar-refractivity contribution is 5.84. The number of H-pyrrole nitrogens is 1. The van der Waals surface area contributed by atoms with E-state index < -0.39 is 11.4 Å². The predicted octanol–water partition coefficient (Wildman–Crippen LogP) is 3.13. The lowest BCUT2D eigenvalue weighted by Crippen LogP contribution is -2.26. The molecule has 1 aromatic heterocycles. The van der Waals surface area contributed by atoms with Crippen molar-refractivity contribution in [3.8, 4) is 0 Å². The molecule has 0 saturated carbocycles. The molecule has 0 amide bonds. The molecule has 17 heavy (non-hydrogen) atoms. The second kappa shape index (κ2) is 3.91. The highest BCUT2D eigenvalue weighted by Gasteiger charge is 2.27. The van der Waals surface area contributed by atoms with Crippen LogP contribution in [0.15, 0.2) is 24.4 Å². The number of aromatic amines is 1. The second-order valence-corrected chi connectivity index (χ2v) is 5.22. The van der Waals surface area contributed by atoms with Gasteiger partial charge in [-0.15, -0.1) is 0 Å². The molecular weight excluding hydrogens is 214 g/mol. The third-order valence-corrected chi connectivity index (χ3v) is 3.18. The highest BCUT2D eigenvalue weighted by atomic mass is 16.4. The molecule has 2 aromatic rings. The van der Waals surface area contributed by atoms with Gasteiger partial charge in [0.1, 0.15) is 0 Å². The van der Waals surface area contributed by atoms with E-state index in [1.165, 1.54) is 10.9 Å². The fourth-order valence-corrected chi connectivity index (χ4v) is 2.00. The Labute approximate surface area is 100 Å². The van der Waals surface area contributed by atoms with Crippen LogP contribution in [0.1, 0.15) is 25.0 Å². The molecule has 0 aliphatic carbocycles. The van der Waals surface area contributed by atoms with E-state index >= 15 is 0 Å². The van der Waals surface area contributed by atoms with Gasteiger partial charge in [0.15, 0.2) is 0 Å². The maximum atomic E-state index is 11.1. The summed E-state index contributed by atoms with van der Waals surface area (Å²) in [6, 6.07) is 6.07. The minimum atomic E-state index is -0.761. The van der Waals surface area contributed by atoms with Crippen LogP contribution in [0.3, 0.4) is 0 Å². The molecular formula is C14H17NO2. The minimum absolute atomic E-state index is 0.545. The van der Waals surface area contributed by atoms with Gasteiger partial charge in [0, 0.05) is 17.1 Å². The third kappa shape index (κ3) is 2.18. The van der Waals surface area contributed by atoms with Gasteiger partial charge < -0.3 is 10.1 Å². The fraction of sp³-hybridized carbons (Fsp3) is 0.357. The molecule has 0 bridgehead atoms. The topological polar surface area (TPSA) is 53.1 Å². The SMILES string of the molecule is Cc1c[nH]c2ccc(CC(C)(C)C(=O)O)cc12. The smallest absolute Gasteiger partial charge is 0.309 e. The van der Waals surface area contributed by atoms with Crippen LogP contribution in [-0.2, 0) is 11.2 Å². The molecule has 3 nitrogen and oxygen atoms in total. The zero-order valence-electron chi connectivity index (χ0n) is 10.4. The molecule has 0 aliphatic rings. The van der Waals surface area contributed by atoms with Gasteiger partial charge in [-0.2, -0.15) is 0 Å². The van der Waals surface area contributed by atoms with Crippen molar-refractivity contribution >= 4 is 16.9 Å². The maximum absolute atomic E-state index is 11.1. The van der Waals surface area contributed by atoms with Gasteiger partial charge in [-0.25, -0.2) is 0 Å². The Hall–Kier alpha value is -1.77. The monoisotopic (exact) mass is 231 g/mol. The van der Waals surface area contributed by atoms with E-state index in [0.717, 1.165) is 11.1 Å². The summed E-state index contributed by atoms with van der Waals surface area (Å²) in [5.74, 6) is -0.761. The Morgan fingerprint density at radius 2 is 2.12 bits per heavy atom. The molecule has 2 N–H and O–H groups in total. The van der Waals surface area contributed by atoms with Crippen molar-refractivity contribution in [3.05, 3.63) is 35.5 Å². The van der Waals surface area contributed by atoms with Crippen molar-refractivity contribution in [2.24, 2.45) is 5.41 Å². The van der Waals surface area contributed by atoms with Crippen molar-refractivity contribution in [1.82, 2.24) is 4.98 Å². The molecule has 1 heterocycles. The Bertz CT molecular complexity index is 567. The Kier molecular flexibility index (Phi) is 2.69. The minimum Gasteiger partial charge on any atom is -0.481 e. The summed E-state index contributed by atoms with van der Waals surface area (Å²) in [6.45, 7) is 5.55. The summed E-state index contributed by atoms with van der Waals surface area (Å²) in [4.78, 5) is 14.3. The van der Waals surface area contributed by atoms with Crippen molar-refractivity contribution in [3.63, 3.8) is 0 Å². The van der Waals surface area contributed by atoms with E-state index in [9.17, 15) is 4.79 Å². The average molecular weight is 231 g/mol. The van der Waals surface area contributed by atoms with Crippen LogP contribution in [0.4, 0.5) is 0 Å². The van der Waals surface area contributed by atoms with Crippen LogP contribution in [0.25, 0.3) is 10.9 Å². The first-order chi connectivity index (χ1) is 7.90. The largest absolute Gasteiger partial charge is 0.481 e. The molecule has 0 saturated heterocycles. The Balaban J connectivity index is 2.37.